The van der Waals surface area contributed by atoms with Crippen LogP contribution in [0, 0.1) is 18.3 Å². The Morgan fingerprint density at radius 2 is 1.90 bits per heavy atom. The van der Waals surface area contributed by atoms with Gasteiger partial charge in [-0.2, -0.15) is 5.26 Å². The van der Waals surface area contributed by atoms with Crippen molar-refractivity contribution in [2.45, 2.75) is 32.3 Å². The van der Waals surface area contributed by atoms with Crippen molar-refractivity contribution in [1.82, 2.24) is 10.1 Å². The van der Waals surface area contributed by atoms with Crippen molar-refractivity contribution < 1.29 is 18.8 Å². The Kier molecular flexibility index (Phi) is 9.60. The second kappa shape index (κ2) is 13.3. The molecule has 1 saturated carbocycles. The van der Waals surface area contributed by atoms with Crippen LogP contribution in [0.4, 0.5) is 0 Å². The SMILES string of the molecule is CCl.COC(=O)c1cncc(/C(C#N)=C/c2ccc(OCc3c(-c4ccccc4C)noc3C3CC3)cc2Cl)c1. The molecule has 204 valence electrons. The third-order valence-electron chi connectivity index (χ3n) is 6.41. The van der Waals surface area contributed by atoms with Crippen molar-refractivity contribution >= 4 is 40.8 Å². The molecule has 5 rings (SSSR count). The molecule has 9 heteroatoms. The topological polar surface area (TPSA) is 98.2 Å². The molecule has 0 N–H and O–H groups in total. The first-order valence-electron chi connectivity index (χ1n) is 12.5. The molecule has 0 unspecified atom stereocenters. The van der Waals surface area contributed by atoms with Gasteiger partial charge in [-0.1, -0.05) is 41.0 Å². The number of carbonyl (C=O) groups excluding carboxylic acids is 1. The molecular weight excluding hydrogens is 549 g/mol. The van der Waals surface area contributed by atoms with Crippen LogP contribution in [0.5, 0.6) is 5.75 Å². The summed E-state index contributed by atoms with van der Waals surface area (Å²) in [4.78, 5) is 15.9. The number of nitriles is 1. The fourth-order valence-corrected chi connectivity index (χ4v) is 4.43. The quantitative estimate of drug-likeness (QED) is 0.120. The van der Waals surface area contributed by atoms with Crippen LogP contribution in [0.25, 0.3) is 22.9 Å². The van der Waals surface area contributed by atoms with E-state index >= 15 is 0 Å². The van der Waals surface area contributed by atoms with Crippen LogP contribution in [-0.2, 0) is 11.3 Å². The van der Waals surface area contributed by atoms with Gasteiger partial charge in [0.25, 0.3) is 0 Å². The van der Waals surface area contributed by atoms with Crippen molar-refractivity contribution in [3.63, 3.8) is 0 Å². The number of esters is 1. The summed E-state index contributed by atoms with van der Waals surface area (Å²) in [7, 11) is 1.29. The van der Waals surface area contributed by atoms with E-state index in [9.17, 15) is 10.1 Å². The zero-order valence-corrected chi connectivity index (χ0v) is 23.8. The number of halogens is 2. The molecule has 4 aromatic rings. The smallest absolute Gasteiger partial charge is 0.339 e. The van der Waals surface area contributed by atoms with Crippen LogP contribution in [0.2, 0.25) is 5.02 Å². The largest absolute Gasteiger partial charge is 0.489 e. The number of aryl methyl sites for hydroxylation is 1. The van der Waals surface area contributed by atoms with Gasteiger partial charge >= 0.3 is 5.97 Å². The van der Waals surface area contributed by atoms with Gasteiger partial charge in [0.2, 0.25) is 0 Å². The molecule has 0 spiro atoms. The van der Waals surface area contributed by atoms with E-state index in [1.807, 2.05) is 18.2 Å². The summed E-state index contributed by atoms with van der Waals surface area (Å²) < 4.78 is 16.6. The number of methoxy groups -OCH3 is 1. The fraction of sp³-hybridized carbons (Fsp3) is 0.226. The number of benzene rings is 2. The lowest BCUT2D eigenvalue weighted by atomic mass is 10.0. The van der Waals surface area contributed by atoms with Gasteiger partial charge in [0.1, 0.15) is 23.8 Å². The number of hydrogen-bond donors (Lipinski definition) is 0. The Bertz CT molecular complexity index is 1590. The second-order valence-corrected chi connectivity index (χ2v) is 9.47. The van der Waals surface area contributed by atoms with Crippen LogP contribution in [0.15, 0.2) is 65.4 Å². The maximum atomic E-state index is 11.8. The minimum absolute atomic E-state index is 0.255. The molecule has 0 bridgehead atoms. The van der Waals surface area contributed by atoms with Gasteiger partial charge in [-0.25, -0.2) is 4.79 Å². The zero-order valence-electron chi connectivity index (χ0n) is 22.3. The lowest BCUT2D eigenvalue weighted by Crippen LogP contribution is -2.02. The summed E-state index contributed by atoms with van der Waals surface area (Å²) in [5.74, 6) is 1.32. The van der Waals surface area contributed by atoms with Gasteiger partial charge in [-0.3, -0.25) is 4.98 Å². The normalized spacial score (nSPS) is 12.7. The van der Waals surface area contributed by atoms with Gasteiger partial charge in [0.05, 0.1) is 34.9 Å². The lowest BCUT2D eigenvalue weighted by molar-refractivity contribution is 0.0600. The summed E-state index contributed by atoms with van der Waals surface area (Å²) in [6.07, 6.45) is 8.18. The van der Waals surface area contributed by atoms with Gasteiger partial charge in [0, 0.05) is 35.8 Å². The van der Waals surface area contributed by atoms with Crippen LogP contribution in [-0.4, -0.2) is 29.6 Å². The minimum Gasteiger partial charge on any atom is -0.489 e. The summed E-state index contributed by atoms with van der Waals surface area (Å²) in [6.45, 7) is 2.34. The lowest BCUT2D eigenvalue weighted by Gasteiger charge is -2.10. The summed E-state index contributed by atoms with van der Waals surface area (Å²) in [5, 5.41) is 14.5. The maximum absolute atomic E-state index is 11.8. The van der Waals surface area contributed by atoms with Crippen molar-refractivity contribution in [3.8, 4) is 23.1 Å². The van der Waals surface area contributed by atoms with Gasteiger partial charge in [-0.15, -0.1) is 11.6 Å². The molecule has 2 heterocycles. The minimum atomic E-state index is -0.528. The highest BCUT2D eigenvalue weighted by molar-refractivity contribution is 6.32. The molecule has 0 amide bonds. The number of rotatable bonds is 8. The standard InChI is InChI=1S/C30H24ClN3O4.CH3Cl/c1-18-5-3-4-6-25(18)28-26(29(38-34-28)19-7-8-19)17-37-24-10-9-20(27(31)13-24)11-21(14-32)22-12-23(16-33-15-22)30(35)36-2;1-2/h3-6,9-13,15-16,19H,7-8,17H2,1-2H3;1H3/b21-11+;. The highest BCUT2D eigenvalue weighted by Crippen LogP contribution is 2.44. The average molecular weight is 576 g/mol. The first kappa shape index (κ1) is 28.9. The van der Waals surface area contributed by atoms with Crippen LogP contribution in [0.3, 0.4) is 0 Å². The van der Waals surface area contributed by atoms with Crippen molar-refractivity contribution in [2.24, 2.45) is 0 Å². The van der Waals surface area contributed by atoms with E-state index in [0.29, 0.717) is 40.0 Å². The number of hydrogen-bond acceptors (Lipinski definition) is 7. The summed E-state index contributed by atoms with van der Waals surface area (Å²) in [6, 6.07) is 17.1. The molecule has 2 aromatic carbocycles. The number of allylic oxidation sites excluding steroid dienone is 1. The van der Waals surface area contributed by atoms with E-state index < -0.39 is 5.97 Å². The first-order chi connectivity index (χ1) is 19.5. The number of ether oxygens (including phenoxy) is 2. The zero-order chi connectivity index (χ0) is 28.6. The van der Waals surface area contributed by atoms with Crippen molar-refractivity contribution in [3.05, 3.63) is 99.5 Å². The number of carbonyl (C=O) groups is 1. The summed E-state index contributed by atoms with van der Waals surface area (Å²) >= 11 is 11.2. The van der Waals surface area contributed by atoms with Gasteiger partial charge < -0.3 is 14.0 Å². The number of pyridine rings is 1. The van der Waals surface area contributed by atoms with Crippen LogP contribution in [0.1, 0.15) is 57.1 Å². The monoisotopic (exact) mass is 575 g/mol. The van der Waals surface area contributed by atoms with Crippen molar-refractivity contribution in [2.75, 3.05) is 13.5 Å². The first-order valence-corrected chi connectivity index (χ1v) is 13.6. The van der Waals surface area contributed by atoms with E-state index in [1.54, 1.807) is 30.3 Å². The highest BCUT2D eigenvalue weighted by atomic mass is 35.5. The Morgan fingerprint density at radius 3 is 2.58 bits per heavy atom. The molecule has 1 fully saturated rings. The molecule has 2 aromatic heterocycles. The third-order valence-corrected chi connectivity index (χ3v) is 6.74. The Hall–Kier alpha value is -4.12. The van der Waals surface area contributed by atoms with Crippen LogP contribution < -0.4 is 4.74 Å². The Balaban J connectivity index is 0.00000181. The Labute approximate surface area is 243 Å². The summed E-state index contributed by atoms with van der Waals surface area (Å²) in [5.41, 5.74) is 5.56. The number of nitrogens with zero attached hydrogens (tertiary/aromatic N) is 3. The predicted molar refractivity (Wildman–Crippen MR) is 155 cm³/mol. The molecule has 0 atom stereocenters. The van der Waals surface area contributed by atoms with Gasteiger partial charge in [-0.05, 0) is 61.2 Å². The van der Waals surface area contributed by atoms with E-state index in [0.717, 1.165) is 41.0 Å². The van der Waals surface area contributed by atoms with Crippen molar-refractivity contribution in [1.29, 1.82) is 5.26 Å². The molecule has 1 aliphatic rings. The van der Waals surface area contributed by atoms with E-state index in [2.05, 4.69) is 40.8 Å². The average Bonchev–Trinajstić information content (AvgIpc) is 3.75. The molecular formula is C31H27Cl2N3O4. The fourth-order valence-electron chi connectivity index (χ4n) is 4.20. The molecule has 7 nitrogen and oxygen atoms in total. The highest BCUT2D eigenvalue weighted by Gasteiger charge is 2.33. The Morgan fingerprint density at radius 1 is 1.15 bits per heavy atom. The second-order valence-electron chi connectivity index (χ2n) is 9.06. The van der Waals surface area contributed by atoms with E-state index in [1.165, 1.54) is 25.9 Å². The van der Waals surface area contributed by atoms with E-state index in [4.69, 9.17) is 25.6 Å². The third kappa shape index (κ3) is 6.53. The van der Waals surface area contributed by atoms with E-state index in [-0.39, 0.29) is 5.56 Å². The maximum Gasteiger partial charge on any atom is 0.339 e. The van der Waals surface area contributed by atoms with Crippen LogP contribution >= 0.6 is 23.2 Å². The molecule has 1 aliphatic carbocycles. The van der Waals surface area contributed by atoms with Gasteiger partial charge in [0.15, 0.2) is 0 Å². The molecule has 0 aliphatic heterocycles. The number of aromatic nitrogens is 2. The predicted octanol–water partition coefficient (Wildman–Crippen LogP) is 7.86. The molecule has 0 radical (unpaired) electrons. The molecule has 0 saturated heterocycles. The number of alkyl halides is 1. The molecule has 40 heavy (non-hydrogen) atoms.